The molecule has 0 aromatic carbocycles. The predicted molar refractivity (Wildman–Crippen MR) is 67.7 cm³/mol. The van der Waals surface area contributed by atoms with Crippen LogP contribution in [-0.4, -0.2) is 71.5 Å². The third-order valence-electron chi connectivity index (χ3n) is 1.94. The molecule has 0 aliphatic carbocycles. The highest BCUT2D eigenvalue weighted by Crippen LogP contribution is 1.97. The molecule has 0 aliphatic rings. The van der Waals surface area contributed by atoms with E-state index in [2.05, 4.69) is 0 Å². The molecule has 0 radical (unpaired) electrons. The van der Waals surface area contributed by atoms with Crippen molar-refractivity contribution in [2.24, 2.45) is 0 Å². The lowest BCUT2D eigenvalue weighted by molar-refractivity contribution is -0.873. The minimum atomic E-state index is -1.20. The van der Waals surface area contributed by atoms with Crippen molar-refractivity contribution in [3.8, 4) is 0 Å². The van der Waals surface area contributed by atoms with Crippen LogP contribution in [-0.2, 0) is 14.4 Å². The van der Waals surface area contributed by atoms with E-state index < -0.39 is 24.0 Å². The second kappa shape index (κ2) is 10.2. The molecular formula is C12H23NO7. The van der Waals surface area contributed by atoms with Crippen molar-refractivity contribution < 1.29 is 39.3 Å². The molecular weight excluding hydrogens is 270 g/mol. The Morgan fingerprint density at radius 3 is 1.70 bits per heavy atom. The van der Waals surface area contributed by atoms with Gasteiger partial charge in [0.15, 0.2) is 0 Å². The van der Waals surface area contributed by atoms with Crippen LogP contribution in [0.2, 0.25) is 0 Å². The maximum absolute atomic E-state index is 10.0. The Morgan fingerprint density at radius 1 is 1.05 bits per heavy atom. The summed E-state index contributed by atoms with van der Waals surface area (Å²) in [7, 11) is 5.66. The molecule has 8 heteroatoms. The lowest BCUT2D eigenvalue weighted by Crippen LogP contribution is -2.43. The largest absolute Gasteiger partial charge is 0.550 e. The minimum Gasteiger partial charge on any atom is -0.550 e. The third-order valence-corrected chi connectivity index (χ3v) is 1.94. The number of aliphatic carboxylic acids is 3. The van der Waals surface area contributed by atoms with E-state index in [4.69, 9.17) is 15.3 Å². The van der Waals surface area contributed by atoms with E-state index in [9.17, 15) is 19.5 Å². The van der Waals surface area contributed by atoms with E-state index in [1.165, 1.54) is 0 Å². The zero-order chi connectivity index (χ0) is 16.3. The van der Waals surface area contributed by atoms with E-state index in [1.54, 1.807) is 0 Å². The summed E-state index contributed by atoms with van der Waals surface area (Å²) in [5.41, 5.74) is 0. The standard InChI is InChI=1S/C7H15NO3.C5H8O4/c1-8(2,3)5-6(9)4-7(10)11;6-4(7)2-1-3-5(8)9/h6,9H,4-5H2,1-3H3;1-3H2,(H,6,7)(H,8,9). The molecule has 1 unspecified atom stereocenters. The summed E-state index contributed by atoms with van der Waals surface area (Å²) in [5, 5.41) is 35.2. The quantitative estimate of drug-likeness (QED) is 0.464. The first-order chi connectivity index (χ1) is 8.94. The highest BCUT2D eigenvalue weighted by molar-refractivity contribution is 5.69. The second-order valence-corrected chi connectivity index (χ2v) is 5.34. The van der Waals surface area contributed by atoms with Crippen molar-refractivity contribution in [2.75, 3.05) is 27.7 Å². The highest BCUT2D eigenvalue weighted by atomic mass is 16.4. The van der Waals surface area contributed by atoms with Gasteiger partial charge in [0.05, 0.1) is 21.1 Å². The van der Waals surface area contributed by atoms with E-state index in [0.29, 0.717) is 11.0 Å². The van der Waals surface area contributed by atoms with Gasteiger partial charge in [-0.3, -0.25) is 9.59 Å². The van der Waals surface area contributed by atoms with Gasteiger partial charge in [-0.25, -0.2) is 0 Å². The first kappa shape index (κ1) is 20.6. The van der Waals surface area contributed by atoms with E-state index >= 15 is 0 Å². The van der Waals surface area contributed by atoms with E-state index in [-0.39, 0.29) is 25.7 Å². The third kappa shape index (κ3) is 21.6. The number of carbonyl (C=O) groups excluding carboxylic acids is 1. The number of rotatable bonds is 8. The maximum atomic E-state index is 10.0. The summed E-state index contributed by atoms with van der Waals surface area (Å²) < 4.78 is 0.550. The summed E-state index contributed by atoms with van der Waals surface area (Å²) in [4.78, 5) is 29.6. The van der Waals surface area contributed by atoms with E-state index in [0.717, 1.165) is 0 Å². The first-order valence-corrected chi connectivity index (χ1v) is 6.06. The van der Waals surface area contributed by atoms with Crippen LogP contribution in [0.15, 0.2) is 0 Å². The van der Waals surface area contributed by atoms with Crippen molar-refractivity contribution in [2.45, 2.75) is 31.8 Å². The second-order valence-electron chi connectivity index (χ2n) is 5.34. The van der Waals surface area contributed by atoms with Crippen LogP contribution in [0.5, 0.6) is 0 Å². The molecule has 0 saturated carbocycles. The fraction of sp³-hybridized carbons (Fsp3) is 0.750. The predicted octanol–water partition coefficient (Wildman–Crippen LogP) is -1.48. The normalized spacial score (nSPS) is 12.0. The Bertz CT molecular complexity index is 308. The zero-order valence-electron chi connectivity index (χ0n) is 12.0. The molecule has 3 N–H and O–H groups in total. The minimum absolute atomic E-state index is 0.0632. The first-order valence-electron chi connectivity index (χ1n) is 6.06. The number of likely N-dealkylation sites (N-methyl/N-ethyl adjacent to an activating group) is 1. The number of nitrogens with zero attached hydrogens (tertiary/aromatic N) is 1. The Morgan fingerprint density at radius 2 is 1.45 bits per heavy atom. The summed E-state index contributed by atoms with van der Waals surface area (Å²) in [5.74, 6) is -3.10. The maximum Gasteiger partial charge on any atom is 0.303 e. The van der Waals surface area contributed by atoms with Crippen LogP contribution < -0.4 is 5.11 Å². The number of hydrogen-bond donors (Lipinski definition) is 3. The van der Waals surface area contributed by atoms with Crippen LogP contribution in [0.3, 0.4) is 0 Å². The van der Waals surface area contributed by atoms with Crippen molar-refractivity contribution in [1.29, 1.82) is 0 Å². The summed E-state index contributed by atoms with van der Waals surface area (Å²) >= 11 is 0. The molecule has 0 aromatic heterocycles. The molecule has 0 heterocycles. The van der Waals surface area contributed by atoms with Crippen molar-refractivity contribution in [3.05, 3.63) is 0 Å². The number of aliphatic hydroxyl groups is 1. The lowest BCUT2D eigenvalue weighted by Gasteiger charge is -2.26. The number of carbonyl (C=O) groups is 3. The number of quaternary nitrogens is 1. The fourth-order valence-electron chi connectivity index (χ4n) is 1.28. The average molecular weight is 293 g/mol. The van der Waals surface area contributed by atoms with Crippen LogP contribution in [0.1, 0.15) is 25.7 Å². The molecule has 118 valence electrons. The molecule has 0 saturated heterocycles. The monoisotopic (exact) mass is 293 g/mol. The Hall–Kier alpha value is -1.67. The molecule has 0 amide bonds. The van der Waals surface area contributed by atoms with E-state index in [1.807, 2.05) is 21.1 Å². The van der Waals surface area contributed by atoms with Crippen LogP contribution in [0.25, 0.3) is 0 Å². The van der Waals surface area contributed by atoms with Crippen molar-refractivity contribution in [3.63, 3.8) is 0 Å². The van der Waals surface area contributed by atoms with Gasteiger partial charge in [0.2, 0.25) is 0 Å². The van der Waals surface area contributed by atoms with Crippen LogP contribution in [0.4, 0.5) is 0 Å². The summed E-state index contributed by atoms with van der Waals surface area (Å²) in [6, 6.07) is 0. The zero-order valence-corrected chi connectivity index (χ0v) is 12.0. The van der Waals surface area contributed by atoms with Crippen LogP contribution >= 0.6 is 0 Å². The van der Waals surface area contributed by atoms with Gasteiger partial charge in [0.1, 0.15) is 12.6 Å². The molecule has 0 aromatic rings. The van der Waals surface area contributed by atoms with Gasteiger partial charge < -0.3 is 29.7 Å². The van der Waals surface area contributed by atoms with Gasteiger partial charge in [0, 0.05) is 25.2 Å². The van der Waals surface area contributed by atoms with Gasteiger partial charge in [-0.2, -0.15) is 0 Å². The number of carboxylic acid groups (broad SMARTS) is 3. The molecule has 1 atom stereocenters. The SMILES string of the molecule is C[N+](C)(C)CC(O)CC(=O)[O-].O=C(O)CCCC(=O)O. The molecule has 8 nitrogen and oxygen atoms in total. The Kier molecular flexibility index (Phi) is 10.5. The van der Waals surface area contributed by atoms with Crippen LogP contribution in [0, 0.1) is 0 Å². The Labute approximate surface area is 117 Å². The van der Waals surface area contributed by atoms with Gasteiger partial charge in [-0.1, -0.05) is 0 Å². The smallest absolute Gasteiger partial charge is 0.303 e. The highest BCUT2D eigenvalue weighted by Gasteiger charge is 2.14. The average Bonchev–Trinajstić information content (AvgIpc) is 2.11. The fourth-order valence-corrected chi connectivity index (χ4v) is 1.28. The Balaban J connectivity index is 0. The molecule has 0 rings (SSSR count). The molecule has 0 spiro atoms. The molecule has 20 heavy (non-hydrogen) atoms. The van der Waals surface area contributed by atoms with Gasteiger partial charge in [0.25, 0.3) is 0 Å². The molecule has 0 fully saturated rings. The lowest BCUT2D eigenvalue weighted by atomic mass is 10.2. The van der Waals surface area contributed by atoms with Crippen molar-refractivity contribution >= 4 is 17.9 Å². The van der Waals surface area contributed by atoms with Gasteiger partial charge >= 0.3 is 11.9 Å². The number of hydrogen-bond acceptors (Lipinski definition) is 5. The molecule has 0 bridgehead atoms. The summed E-state index contributed by atoms with van der Waals surface area (Å²) in [6.45, 7) is 0.425. The summed E-state index contributed by atoms with van der Waals surface area (Å²) in [6.07, 6.45) is -1.00. The van der Waals surface area contributed by atoms with Gasteiger partial charge in [-0.15, -0.1) is 0 Å². The van der Waals surface area contributed by atoms with Crippen molar-refractivity contribution in [1.82, 2.24) is 0 Å². The topological polar surface area (TPSA) is 135 Å². The number of aliphatic hydroxyl groups excluding tert-OH is 1. The van der Waals surface area contributed by atoms with Gasteiger partial charge in [-0.05, 0) is 6.42 Å². The molecule has 0 aliphatic heterocycles. The number of carboxylic acids is 3.